The third-order valence-corrected chi connectivity index (χ3v) is 3.52. The fourth-order valence-corrected chi connectivity index (χ4v) is 2.39. The second-order valence-electron chi connectivity index (χ2n) is 4.45. The molecule has 0 aromatic heterocycles. The van der Waals surface area contributed by atoms with Gasteiger partial charge in [-0.2, -0.15) is 0 Å². The molecule has 1 fully saturated rings. The molecule has 6 nitrogen and oxygen atoms in total. The van der Waals surface area contributed by atoms with Crippen LogP contribution in [-0.2, 0) is 14.8 Å². The summed E-state index contributed by atoms with van der Waals surface area (Å²) < 4.78 is 24.0. The molecule has 3 N–H and O–H groups in total. The summed E-state index contributed by atoms with van der Waals surface area (Å²) in [6.07, 6.45) is 4.30. The first kappa shape index (κ1) is 14.4. The highest BCUT2D eigenvalue weighted by atomic mass is 32.2. The summed E-state index contributed by atoms with van der Waals surface area (Å²) in [5, 5.41) is 0. The Kier molecular flexibility index (Phi) is 5.35. The number of hydrogen-bond acceptors (Lipinski definition) is 4. The second kappa shape index (κ2) is 6.32. The summed E-state index contributed by atoms with van der Waals surface area (Å²) in [6.45, 7) is 1.93. The highest BCUT2D eigenvalue weighted by Crippen LogP contribution is 2.10. The Hall–Kier alpha value is -0.660. The summed E-state index contributed by atoms with van der Waals surface area (Å²) in [6, 6.07) is -0.505. The van der Waals surface area contributed by atoms with Crippen LogP contribution in [-0.4, -0.2) is 51.2 Å². The SMILES string of the molecule is CS(=O)(=O)NCCCC(N)C(=O)N1CCCC1. The van der Waals surface area contributed by atoms with Gasteiger partial charge < -0.3 is 10.6 Å². The van der Waals surface area contributed by atoms with Gasteiger partial charge in [0.25, 0.3) is 0 Å². The van der Waals surface area contributed by atoms with E-state index in [1.807, 2.05) is 0 Å². The topological polar surface area (TPSA) is 92.5 Å². The maximum absolute atomic E-state index is 11.8. The first-order valence-electron chi connectivity index (χ1n) is 5.89. The smallest absolute Gasteiger partial charge is 0.239 e. The molecule has 0 aromatic rings. The van der Waals surface area contributed by atoms with E-state index in [2.05, 4.69) is 4.72 Å². The number of nitrogens with one attached hydrogen (secondary N) is 1. The zero-order valence-corrected chi connectivity index (χ0v) is 11.0. The van der Waals surface area contributed by atoms with Crippen molar-refractivity contribution in [1.82, 2.24) is 9.62 Å². The Morgan fingerprint density at radius 2 is 2.00 bits per heavy atom. The zero-order valence-electron chi connectivity index (χ0n) is 10.2. The second-order valence-corrected chi connectivity index (χ2v) is 6.28. The van der Waals surface area contributed by atoms with Crippen LogP contribution in [0.1, 0.15) is 25.7 Å². The van der Waals surface area contributed by atoms with Crippen molar-refractivity contribution in [2.45, 2.75) is 31.7 Å². The first-order valence-corrected chi connectivity index (χ1v) is 7.78. The molecule has 0 radical (unpaired) electrons. The lowest BCUT2D eigenvalue weighted by molar-refractivity contribution is -0.131. The number of carbonyl (C=O) groups excluding carboxylic acids is 1. The van der Waals surface area contributed by atoms with Crippen LogP contribution in [0.15, 0.2) is 0 Å². The van der Waals surface area contributed by atoms with Crippen LogP contribution >= 0.6 is 0 Å². The molecule has 17 heavy (non-hydrogen) atoms. The molecule has 1 aliphatic heterocycles. The van der Waals surface area contributed by atoms with Crippen LogP contribution in [0.3, 0.4) is 0 Å². The number of hydrogen-bond donors (Lipinski definition) is 2. The van der Waals surface area contributed by atoms with Crippen LogP contribution in [0.25, 0.3) is 0 Å². The van der Waals surface area contributed by atoms with E-state index in [1.54, 1.807) is 4.90 Å². The van der Waals surface area contributed by atoms with Crippen molar-refractivity contribution in [3.63, 3.8) is 0 Å². The molecule has 1 heterocycles. The quantitative estimate of drug-likeness (QED) is 0.618. The Bertz CT molecular complexity index is 350. The monoisotopic (exact) mass is 263 g/mol. The standard InChI is InChI=1S/C10H21N3O3S/c1-17(15,16)12-6-4-5-9(11)10(14)13-7-2-3-8-13/h9,12H,2-8,11H2,1H3. The fourth-order valence-electron chi connectivity index (χ4n) is 1.88. The molecule has 1 amide bonds. The van der Waals surface area contributed by atoms with E-state index in [-0.39, 0.29) is 5.91 Å². The molecule has 7 heteroatoms. The summed E-state index contributed by atoms with van der Waals surface area (Å²) in [5.74, 6) is -0.0122. The maximum atomic E-state index is 11.8. The van der Waals surface area contributed by atoms with Gasteiger partial charge in [-0.25, -0.2) is 13.1 Å². The highest BCUT2D eigenvalue weighted by molar-refractivity contribution is 7.88. The number of amides is 1. The van der Waals surface area contributed by atoms with E-state index in [4.69, 9.17) is 5.73 Å². The number of carbonyl (C=O) groups is 1. The van der Waals surface area contributed by atoms with Gasteiger partial charge in [-0.05, 0) is 25.7 Å². The van der Waals surface area contributed by atoms with Gasteiger partial charge in [-0.1, -0.05) is 0 Å². The predicted molar refractivity (Wildman–Crippen MR) is 65.9 cm³/mol. The van der Waals surface area contributed by atoms with Crippen LogP contribution in [0.4, 0.5) is 0 Å². The molecule has 1 aliphatic rings. The van der Waals surface area contributed by atoms with Gasteiger partial charge in [-0.15, -0.1) is 0 Å². The summed E-state index contributed by atoms with van der Waals surface area (Å²) in [4.78, 5) is 13.6. The molecule has 1 rings (SSSR count). The molecule has 1 unspecified atom stereocenters. The number of likely N-dealkylation sites (tertiary alicyclic amines) is 1. The van der Waals surface area contributed by atoms with E-state index in [9.17, 15) is 13.2 Å². The van der Waals surface area contributed by atoms with Gasteiger partial charge >= 0.3 is 0 Å². The van der Waals surface area contributed by atoms with Gasteiger partial charge in [0.1, 0.15) is 0 Å². The number of sulfonamides is 1. The average Bonchev–Trinajstić information content (AvgIpc) is 2.74. The van der Waals surface area contributed by atoms with Crippen LogP contribution in [0.5, 0.6) is 0 Å². The number of rotatable bonds is 6. The lowest BCUT2D eigenvalue weighted by Gasteiger charge is -2.20. The lowest BCUT2D eigenvalue weighted by atomic mass is 10.1. The summed E-state index contributed by atoms with van der Waals surface area (Å²) in [7, 11) is -3.14. The Labute approximate surface area is 103 Å². The molecule has 0 bridgehead atoms. The minimum atomic E-state index is -3.14. The van der Waals surface area contributed by atoms with E-state index < -0.39 is 16.1 Å². The van der Waals surface area contributed by atoms with Crippen LogP contribution in [0.2, 0.25) is 0 Å². The van der Waals surface area contributed by atoms with Gasteiger partial charge in [0.15, 0.2) is 0 Å². The molecule has 1 saturated heterocycles. The first-order chi connectivity index (χ1) is 7.90. The summed E-state index contributed by atoms with van der Waals surface area (Å²) >= 11 is 0. The lowest BCUT2D eigenvalue weighted by Crippen LogP contribution is -2.42. The third-order valence-electron chi connectivity index (χ3n) is 2.79. The van der Waals surface area contributed by atoms with Crippen LogP contribution < -0.4 is 10.5 Å². The zero-order chi connectivity index (χ0) is 12.9. The average molecular weight is 263 g/mol. The molecule has 0 aliphatic carbocycles. The summed E-state index contributed by atoms with van der Waals surface area (Å²) in [5.41, 5.74) is 5.78. The minimum absolute atomic E-state index is 0.0122. The van der Waals surface area contributed by atoms with Gasteiger partial charge in [0.05, 0.1) is 12.3 Å². The van der Waals surface area contributed by atoms with Crippen molar-refractivity contribution in [3.8, 4) is 0 Å². The van der Waals surface area contributed by atoms with Crippen molar-refractivity contribution in [2.75, 3.05) is 25.9 Å². The number of nitrogens with two attached hydrogens (primary N) is 1. The minimum Gasteiger partial charge on any atom is -0.341 e. The molecule has 1 atom stereocenters. The third kappa shape index (κ3) is 5.47. The van der Waals surface area contributed by atoms with Crippen molar-refractivity contribution in [2.24, 2.45) is 5.73 Å². The predicted octanol–water partition coefficient (Wildman–Crippen LogP) is -0.734. The largest absolute Gasteiger partial charge is 0.341 e. The number of nitrogens with zero attached hydrogens (tertiary/aromatic N) is 1. The normalized spacial score (nSPS) is 18.4. The fraction of sp³-hybridized carbons (Fsp3) is 0.900. The Balaban J connectivity index is 2.20. The molecule has 0 saturated carbocycles. The van der Waals surface area contributed by atoms with Crippen molar-refractivity contribution < 1.29 is 13.2 Å². The molecule has 0 spiro atoms. The van der Waals surface area contributed by atoms with Gasteiger partial charge in [-0.3, -0.25) is 4.79 Å². The molecular weight excluding hydrogens is 242 g/mol. The van der Waals surface area contributed by atoms with E-state index in [0.717, 1.165) is 32.2 Å². The van der Waals surface area contributed by atoms with Gasteiger partial charge in [0, 0.05) is 19.6 Å². The van der Waals surface area contributed by atoms with Gasteiger partial charge in [0.2, 0.25) is 15.9 Å². The molecular formula is C10H21N3O3S. The van der Waals surface area contributed by atoms with E-state index >= 15 is 0 Å². The molecule has 0 aromatic carbocycles. The maximum Gasteiger partial charge on any atom is 0.239 e. The Morgan fingerprint density at radius 3 is 2.53 bits per heavy atom. The van der Waals surface area contributed by atoms with E-state index in [0.29, 0.717) is 19.4 Å². The Morgan fingerprint density at radius 1 is 1.41 bits per heavy atom. The highest BCUT2D eigenvalue weighted by Gasteiger charge is 2.23. The molecule has 100 valence electrons. The van der Waals surface area contributed by atoms with Crippen molar-refractivity contribution >= 4 is 15.9 Å². The van der Waals surface area contributed by atoms with Crippen molar-refractivity contribution in [3.05, 3.63) is 0 Å². The van der Waals surface area contributed by atoms with Crippen molar-refractivity contribution in [1.29, 1.82) is 0 Å². The van der Waals surface area contributed by atoms with E-state index in [1.165, 1.54) is 0 Å². The van der Waals surface area contributed by atoms with Crippen LogP contribution in [0, 0.1) is 0 Å².